The van der Waals surface area contributed by atoms with Crippen LogP contribution >= 0.6 is 0 Å². The lowest BCUT2D eigenvalue weighted by Crippen LogP contribution is -2.35. The number of amides is 3. The molecule has 4 rings (SSSR count). The molecule has 3 heterocycles. The topological polar surface area (TPSA) is 91.7 Å². The second-order valence-electron chi connectivity index (χ2n) is 7.01. The van der Waals surface area contributed by atoms with Crippen molar-refractivity contribution in [3.63, 3.8) is 0 Å². The summed E-state index contributed by atoms with van der Waals surface area (Å²) in [4.78, 5) is 38.2. The molecule has 7 heteroatoms. The molecule has 0 aliphatic carbocycles. The van der Waals surface area contributed by atoms with Crippen molar-refractivity contribution in [1.29, 1.82) is 0 Å². The van der Waals surface area contributed by atoms with Crippen molar-refractivity contribution in [3.05, 3.63) is 46.4 Å². The second kappa shape index (κ2) is 6.57. The molecular weight excluding hydrogens is 346 g/mol. The molecule has 0 spiro atoms. The van der Waals surface area contributed by atoms with Gasteiger partial charge in [0, 0.05) is 30.8 Å². The Bertz CT molecular complexity index is 960. The van der Waals surface area contributed by atoms with Crippen molar-refractivity contribution in [3.8, 4) is 0 Å². The van der Waals surface area contributed by atoms with Crippen LogP contribution in [0.1, 0.15) is 34.6 Å². The first kappa shape index (κ1) is 17.3. The summed E-state index contributed by atoms with van der Waals surface area (Å²) in [6.45, 7) is 4.57. The molecule has 2 aliphatic rings. The Morgan fingerprint density at radius 1 is 1.07 bits per heavy atom. The van der Waals surface area contributed by atoms with Gasteiger partial charge in [0.1, 0.15) is 11.5 Å². The number of aryl methyl sites for hydroxylation is 3. The Balaban J connectivity index is 1.43. The van der Waals surface area contributed by atoms with Gasteiger partial charge >= 0.3 is 11.8 Å². The molecule has 0 saturated carbocycles. The van der Waals surface area contributed by atoms with Crippen molar-refractivity contribution in [1.82, 2.24) is 5.32 Å². The van der Waals surface area contributed by atoms with Crippen LogP contribution in [0.15, 0.2) is 22.6 Å². The fraction of sp³-hybridized carbons (Fsp3) is 0.350. The molecular formula is C20H21N3O4. The Hall–Kier alpha value is -3.09. The lowest BCUT2D eigenvalue weighted by Gasteiger charge is -2.25. The fourth-order valence-corrected chi connectivity index (χ4v) is 3.83. The van der Waals surface area contributed by atoms with Crippen molar-refractivity contribution in [2.24, 2.45) is 0 Å². The van der Waals surface area contributed by atoms with E-state index < -0.39 is 11.8 Å². The van der Waals surface area contributed by atoms with Gasteiger partial charge in [-0.15, -0.1) is 0 Å². The Morgan fingerprint density at radius 3 is 2.52 bits per heavy atom. The number of nitrogens with one attached hydrogen (secondary N) is 2. The zero-order valence-corrected chi connectivity index (χ0v) is 15.3. The molecule has 140 valence electrons. The highest BCUT2D eigenvalue weighted by atomic mass is 16.3. The Labute approximate surface area is 156 Å². The first-order valence-electron chi connectivity index (χ1n) is 9.03. The van der Waals surface area contributed by atoms with Gasteiger partial charge < -0.3 is 20.0 Å². The summed E-state index contributed by atoms with van der Waals surface area (Å²) >= 11 is 0. The lowest BCUT2D eigenvalue weighted by atomic mass is 9.98. The molecule has 1 aromatic heterocycles. The normalized spacial score (nSPS) is 14.9. The van der Waals surface area contributed by atoms with E-state index in [-0.39, 0.29) is 12.5 Å². The van der Waals surface area contributed by atoms with E-state index in [4.69, 9.17) is 4.42 Å². The molecule has 0 fully saturated rings. The maximum absolute atomic E-state index is 12.2. The first-order valence-corrected chi connectivity index (χ1v) is 9.03. The smallest absolute Gasteiger partial charge is 0.313 e. The molecule has 3 amide bonds. The van der Waals surface area contributed by atoms with E-state index in [0.717, 1.165) is 40.3 Å². The van der Waals surface area contributed by atoms with Crippen LogP contribution in [0.4, 0.5) is 11.4 Å². The minimum absolute atomic E-state index is 0.155. The predicted molar refractivity (Wildman–Crippen MR) is 99.5 cm³/mol. The average molecular weight is 367 g/mol. The molecule has 0 unspecified atom stereocenters. The number of carbonyl (C=O) groups is 3. The molecule has 0 bridgehead atoms. The minimum Gasteiger partial charge on any atom is -0.466 e. The van der Waals surface area contributed by atoms with Gasteiger partial charge in [-0.3, -0.25) is 14.4 Å². The first-order chi connectivity index (χ1) is 12.9. The van der Waals surface area contributed by atoms with Crippen LogP contribution < -0.4 is 15.5 Å². The predicted octanol–water partition coefficient (Wildman–Crippen LogP) is 1.99. The van der Waals surface area contributed by atoms with E-state index in [1.54, 1.807) is 0 Å². The van der Waals surface area contributed by atoms with Crippen LogP contribution in [0.3, 0.4) is 0 Å². The summed E-state index contributed by atoms with van der Waals surface area (Å²) in [6, 6.07) is 5.55. The maximum atomic E-state index is 12.2. The number of furan rings is 1. The zero-order valence-electron chi connectivity index (χ0n) is 15.3. The third kappa shape index (κ3) is 3.20. The van der Waals surface area contributed by atoms with E-state index in [1.807, 2.05) is 36.9 Å². The summed E-state index contributed by atoms with van der Waals surface area (Å²) < 4.78 is 5.41. The van der Waals surface area contributed by atoms with Crippen molar-refractivity contribution in [2.75, 3.05) is 16.8 Å². The molecule has 2 N–H and O–H groups in total. The zero-order chi connectivity index (χ0) is 19.1. The molecule has 27 heavy (non-hydrogen) atoms. The summed E-state index contributed by atoms with van der Waals surface area (Å²) in [5.41, 5.74) is 4.51. The van der Waals surface area contributed by atoms with Gasteiger partial charge in [-0.1, -0.05) is 0 Å². The van der Waals surface area contributed by atoms with Gasteiger partial charge in [0.2, 0.25) is 5.91 Å². The van der Waals surface area contributed by atoms with E-state index in [2.05, 4.69) is 10.6 Å². The van der Waals surface area contributed by atoms with Crippen molar-refractivity contribution >= 4 is 29.1 Å². The van der Waals surface area contributed by atoms with Crippen LogP contribution in [-0.4, -0.2) is 24.3 Å². The van der Waals surface area contributed by atoms with Crippen LogP contribution in [0.5, 0.6) is 0 Å². The highest BCUT2D eigenvalue weighted by Gasteiger charge is 2.31. The maximum Gasteiger partial charge on any atom is 0.313 e. The van der Waals surface area contributed by atoms with Crippen LogP contribution in [0.2, 0.25) is 0 Å². The third-order valence-electron chi connectivity index (χ3n) is 5.10. The molecule has 0 atom stereocenters. The van der Waals surface area contributed by atoms with E-state index in [1.165, 1.54) is 0 Å². The number of carbonyl (C=O) groups excluding carboxylic acids is 3. The average Bonchev–Trinajstić information content (AvgIpc) is 3.19. The summed E-state index contributed by atoms with van der Waals surface area (Å²) in [7, 11) is 0. The number of hydrogen-bond donors (Lipinski definition) is 2. The summed E-state index contributed by atoms with van der Waals surface area (Å²) in [5, 5.41) is 5.29. The number of rotatable bonds is 3. The quantitative estimate of drug-likeness (QED) is 0.812. The van der Waals surface area contributed by atoms with Gasteiger partial charge in [-0.2, -0.15) is 0 Å². The number of benzene rings is 1. The monoisotopic (exact) mass is 367 g/mol. The molecule has 1 aromatic carbocycles. The number of hydrogen-bond acceptors (Lipinski definition) is 4. The molecule has 0 saturated heterocycles. The molecule has 0 radical (unpaired) electrons. The summed E-state index contributed by atoms with van der Waals surface area (Å²) in [5.74, 6) is 0.244. The van der Waals surface area contributed by atoms with E-state index in [9.17, 15) is 14.4 Å². The Kier molecular flexibility index (Phi) is 4.22. The van der Waals surface area contributed by atoms with Gasteiger partial charge in [-0.05, 0) is 56.0 Å². The third-order valence-corrected chi connectivity index (χ3v) is 5.10. The van der Waals surface area contributed by atoms with Gasteiger partial charge in [-0.25, -0.2) is 0 Å². The lowest BCUT2D eigenvalue weighted by molar-refractivity contribution is -0.136. The van der Waals surface area contributed by atoms with Gasteiger partial charge in [0.05, 0.1) is 5.69 Å². The highest BCUT2D eigenvalue weighted by molar-refractivity contribution is 6.39. The SMILES string of the molecule is Cc1cc(CNC(=O)C(=O)Nc2cc3c4c(c2)CCN4C(=O)CC3)c(C)o1. The standard InChI is InChI=1S/C20H21N3O4/c1-11-7-15(12(2)27-11)10-21-19(25)20(26)22-16-8-13-3-4-17(24)23-6-5-14(9-16)18(13)23/h7-9H,3-6,10H2,1-2H3,(H,21,25)(H,22,26). The van der Waals surface area contributed by atoms with E-state index >= 15 is 0 Å². The van der Waals surface area contributed by atoms with Crippen LogP contribution in [0.25, 0.3) is 0 Å². The number of nitrogens with zero attached hydrogens (tertiary/aromatic N) is 1. The largest absolute Gasteiger partial charge is 0.466 e. The van der Waals surface area contributed by atoms with Gasteiger partial charge in [0.15, 0.2) is 0 Å². The number of anilines is 2. The molecule has 7 nitrogen and oxygen atoms in total. The summed E-state index contributed by atoms with van der Waals surface area (Å²) in [6.07, 6.45) is 1.91. The van der Waals surface area contributed by atoms with Gasteiger partial charge in [0.25, 0.3) is 0 Å². The van der Waals surface area contributed by atoms with Crippen molar-refractivity contribution in [2.45, 2.75) is 39.7 Å². The van der Waals surface area contributed by atoms with E-state index in [0.29, 0.717) is 25.1 Å². The van der Waals surface area contributed by atoms with Crippen LogP contribution in [-0.2, 0) is 33.8 Å². The molecule has 2 aromatic rings. The second-order valence-corrected chi connectivity index (χ2v) is 7.01. The molecule has 2 aliphatic heterocycles. The minimum atomic E-state index is -0.707. The van der Waals surface area contributed by atoms with Crippen LogP contribution in [0, 0.1) is 13.8 Å². The Morgan fingerprint density at radius 2 is 1.81 bits per heavy atom. The fourth-order valence-electron chi connectivity index (χ4n) is 3.83. The highest BCUT2D eigenvalue weighted by Crippen LogP contribution is 2.38. The van der Waals surface area contributed by atoms with Crippen molar-refractivity contribution < 1.29 is 18.8 Å².